The summed E-state index contributed by atoms with van der Waals surface area (Å²) in [6.07, 6.45) is 5.03. The predicted molar refractivity (Wildman–Crippen MR) is 98.8 cm³/mol. The van der Waals surface area contributed by atoms with Gasteiger partial charge in [-0.2, -0.15) is 0 Å². The lowest BCUT2D eigenvalue weighted by molar-refractivity contribution is -0.125. The molecule has 3 aromatic rings. The highest BCUT2D eigenvalue weighted by Crippen LogP contribution is 2.18. The number of amides is 1. The minimum atomic E-state index is -0.126. The fraction of sp³-hybridized carbons (Fsp3) is 0.158. The van der Waals surface area contributed by atoms with Crippen LogP contribution in [0.5, 0.6) is 5.75 Å². The first-order valence-corrected chi connectivity index (χ1v) is 8.26. The Kier molecular flexibility index (Phi) is 5.36. The summed E-state index contributed by atoms with van der Waals surface area (Å²) in [6, 6.07) is 15.1. The monoisotopic (exact) mass is 355 g/mol. The molecule has 0 aliphatic rings. The highest BCUT2D eigenvalue weighted by Gasteiger charge is 2.09. The van der Waals surface area contributed by atoms with Gasteiger partial charge < -0.3 is 9.64 Å². The molecule has 3 rings (SSSR count). The van der Waals surface area contributed by atoms with Crippen LogP contribution < -0.4 is 4.74 Å². The molecular formula is C19H18ClN3O2. The van der Waals surface area contributed by atoms with Gasteiger partial charge in [0, 0.05) is 19.3 Å². The number of carbonyl (C=O) groups excluding carboxylic acids is 1. The van der Waals surface area contributed by atoms with Gasteiger partial charge in [-0.3, -0.25) is 9.20 Å². The average molecular weight is 356 g/mol. The van der Waals surface area contributed by atoms with Crippen molar-refractivity contribution in [1.29, 1.82) is 0 Å². The second-order valence-corrected chi connectivity index (χ2v) is 5.83. The van der Waals surface area contributed by atoms with Crippen LogP contribution in [0, 0.1) is 0 Å². The molecule has 1 aromatic carbocycles. The number of para-hydroxylation sites is 1. The number of likely N-dealkylation sites (N-methyl/N-ethyl adjacent to an activating group) is 1. The molecule has 0 atom stereocenters. The van der Waals surface area contributed by atoms with E-state index >= 15 is 0 Å². The van der Waals surface area contributed by atoms with Crippen LogP contribution >= 0.6 is 11.6 Å². The second kappa shape index (κ2) is 7.85. The number of pyridine rings is 1. The van der Waals surface area contributed by atoms with Crippen LogP contribution in [0.1, 0.15) is 5.69 Å². The molecule has 0 fully saturated rings. The Bertz CT molecular complexity index is 890. The molecular weight excluding hydrogens is 338 g/mol. The fourth-order valence-corrected chi connectivity index (χ4v) is 2.58. The normalized spacial score (nSPS) is 11.1. The number of nitrogens with zero attached hydrogens (tertiary/aromatic N) is 3. The summed E-state index contributed by atoms with van der Waals surface area (Å²) in [5.74, 6) is 0.662. The maximum absolute atomic E-state index is 12.2. The van der Waals surface area contributed by atoms with Crippen molar-refractivity contribution in [2.75, 3.05) is 20.2 Å². The van der Waals surface area contributed by atoms with Crippen molar-refractivity contribution in [2.45, 2.75) is 0 Å². The minimum Gasteiger partial charge on any atom is -0.492 e. The molecule has 0 N–H and O–H groups in total. The van der Waals surface area contributed by atoms with Gasteiger partial charge in [-0.25, -0.2) is 4.98 Å². The topological polar surface area (TPSA) is 46.8 Å². The first kappa shape index (κ1) is 17.0. The van der Waals surface area contributed by atoms with E-state index in [4.69, 9.17) is 16.3 Å². The summed E-state index contributed by atoms with van der Waals surface area (Å²) in [7, 11) is 1.73. The van der Waals surface area contributed by atoms with Crippen molar-refractivity contribution in [3.8, 4) is 5.75 Å². The molecule has 128 valence electrons. The molecule has 0 aliphatic carbocycles. The molecule has 1 amide bonds. The fourth-order valence-electron chi connectivity index (χ4n) is 2.34. The Labute approximate surface area is 151 Å². The van der Waals surface area contributed by atoms with Crippen LogP contribution in [0.15, 0.2) is 60.8 Å². The Morgan fingerprint density at radius 3 is 2.80 bits per heavy atom. The molecule has 2 aromatic heterocycles. The van der Waals surface area contributed by atoms with E-state index < -0.39 is 0 Å². The van der Waals surface area contributed by atoms with Gasteiger partial charge in [0.05, 0.1) is 12.2 Å². The molecule has 6 heteroatoms. The van der Waals surface area contributed by atoms with Gasteiger partial charge in [0.1, 0.15) is 18.0 Å². The first-order chi connectivity index (χ1) is 12.1. The zero-order valence-electron chi connectivity index (χ0n) is 13.8. The molecule has 25 heavy (non-hydrogen) atoms. The lowest BCUT2D eigenvalue weighted by Gasteiger charge is -2.15. The number of benzene rings is 1. The summed E-state index contributed by atoms with van der Waals surface area (Å²) in [5, 5.41) is 0.366. The van der Waals surface area contributed by atoms with E-state index in [-0.39, 0.29) is 5.91 Å². The number of fused-ring (bicyclic) bond motifs is 1. The molecule has 5 nitrogen and oxygen atoms in total. The zero-order valence-corrected chi connectivity index (χ0v) is 14.6. The number of hydrogen-bond acceptors (Lipinski definition) is 3. The van der Waals surface area contributed by atoms with Gasteiger partial charge >= 0.3 is 0 Å². The Morgan fingerprint density at radius 2 is 2.00 bits per heavy atom. The molecule has 0 unspecified atom stereocenters. The molecule has 0 radical (unpaired) electrons. The van der Waals surface area contributed by atoms with E-state index in [9.17, 15) is 4.79 Å². The predicted octanol–water partition coefficient (Wildman–Crippen LogP) is 3.54. The van der Waals surface area contributed by atoms with Crippen LogP contribution in [0.4, 0.5) is 0 Å². The third kappa shape index (κ3) is 4.19. The third-order valence-electron chi connectivity index (χ3n) is 3.72. The summed E-state index contributed by atoms with van der Waals surface area (Å²) in [4.78, 5) is 18.1. The summed E-state index contributed by atoms with van der Waals surface area (Å²) >= 11 is 6.15. The van der Waals surface area contributed by atoms with Gasteiger partial charge in [0.25, 0.3) is 0 Å². The van der Waals surface area contributed by atoms with Crippen LogP contribution in [0.3, 0.4) is 0 Å². The maximum Gasteiger partial charge on any atom is 0.246 e. The zero-order chi connectivity index (χ0) is 17.6. The number of hydrogen-bond donors (Lipinski definition) is 0. The van der Waals surface area contributed by atoms with E-state index in [0.29, 0.717) is 24.0 Å². The summed E-state index contributed by atoms with van der Waals surface area (Å²) in [5.41, 5.74) is 1.42. The summed E-state index contributed by atoms with van der Waals surface area (Å²) in [6.45, 7) is 0.912. The molecule has 0 saturated carbocycles. The van der Waals surface area contributed by atoms with Crippen molar-refractivity contribution < 1.29 is 9.53 Å². The Balaban J connectivity index is 1.59. The number of aromatic nitrogens is 2. The molecule has 0 aliphatic heterocycles. The SMILES string of the molecule is CN(CCOc1ccccc1)C(=O)/C=C/c1c(Cl)nc2ccccn12. The second-order valence-electron chi connectivity index (χ2n) is 5.47. The smallest absolute Gasteiger partial charge is 0.246 e. The van der Waals surface area contributed by atoms with E-state index in [1.165, 1.54) is 6.08 Å². The van der Waals surface area contributed by atoms with E-state index in [2.05, 4.69) is 4.98 Å². The lowest BCUT2D eigenvalue weighted by atomic mass is 10.3. The van der Waals surface area contributed by atoms with Crippen LogP contribution in [0.25, 0.3) is 11.7 Å². The highest BCUT2D eigenvalue weighted by atomic mass is 35.5. The van der Waals surface area contributed by atoms with Gasteiger partial charge in [-0.1, -0.05) is 35.9 Å². The van der Waals surface area contributed by atoms with Crippen molar-refractivity contribution in [3.05, 3.63) is 71.7 Å². The molecule has 2 heterocycles. The van der Waals surface area contributed by atoms with Crippen LogP contribution in [-0.4, -0.2) is 40.4 Å². The van der Waals surface area contributed by atoms with Crippen molar-refractivity contribution >= 4 is 29.2 Å². The number of carbonyl (C=O) groups is 1. The highest BCUT2D eigenvalue weighted by molar-refractivity contribution is 6.31. The van der Waals surface area contributed by atoms with Gasteiger partial charge in [-0.05, 0) is 30.3 Å². The average Bonchev–Trinajstić information content (AvgIpc) is 2.95. The summed E-state index contributed by atoms with van der Waals surface area (Å²) < 4.78 is 7.44. The van der Waals surface area contributed by atoms with E-state index in [1.54, 1.807) is 18.0 Å². The van der Waals surface area contributed by atoms with Gasteiger partial charge in [-0.15, -0.1) is 0 Å². The Hall–Kier alpha value is -2.79. The van der Waals surface area contributed by atoms with E-state index in [1.807, 2.05) is 59.1 Å². The van der Waals surface area contributed by atoms with Crippen molar-refractivity contribution in [1.82, 2.24) is 14.3 Å². The standard InChI is InChI=1S/C19H18ClN3O2/c1-22(13-14-25-15-7-3-2-4-8-15)18(24)11-10-16-19(20)21-17-9-5-6-12-23(16)17/h2-12H,13-14H2,1H3/b11-10+. The van der Waals surface area contributed by atoms with Crippen molar-refractivity contribution in [2.24, 2.45) is 0 Å². The first-order valence-electron chi connectivity index (χ1n) is 7.89. The molecule has 0 saturated heterocycles. The molecule has 0 spiro atoms. The minimum absolute atomic E-state index is 0.126. The van der Waals surface area contributed by atoms with Crippen LogP contribution in [0.2, 0.25) is 5.15 Å². The molecule has 0 bridgehead atoms. The number of rotatable bonds is 6. The van der Waals surface area contributed by atoms with Crippen LogP contribution in [-0.2, 0) is 4.79 Å². The maximum atomic E-state index is 12.2. The van der Waals surface area contributed by atoms with Gasteiger partial charge in [0.2, 0.25) is 5.91 Å². The quantitative estimate of drug-likeness (QED) is 0.635. The largest absolute Gasteiger partial charge is 0.492 e. The van der Waals surface area contributed by atoms with Gasteiger partial charge in [0.15, 0.2) is 5.15 Å². The number of ether oxygens (including phenoxy) is 1. The number of imidazole rings is 1. The van der Waals surface area contributed by atoms with Crippen molar-refractivity contribution in [3.63, 3.8) is 0 Å². The van der Waals surface area contributed by atoms with E-state index in [0.717, 1.165) is 11.4 Å². The third-order valence-corrected chi connectivity index (χ3v) is 4.00. The lowest BCUT2D eigenvalue weighted by Crippen LogP contribution is -2.29. The Morgan fingerprint density at radius 1 is 1.24 bits per heavy atom. The number of halogens is 1.